The second kappa shape index (κ2) is 9.16. The normalized spacial score (nSPS) is 21.7. The molecule has 1 aromatic carbocycles. The van der Waals surface area contributed by atoms with Gasteiger partial charge in [-0.3, -0.25) is 0 Å². The Hall–Kier alpha value is -2.41. The van der Waals surface area contributed by atoms with Crippen LogP contribution in [0.3, 0.4) is 0 Å². The van der Waals surface area contributed by atoms with Crippen molar-refractivity contribution in [3.63, 3.8) is 0 Å². The van der Waals surface area contributed by atoms with Gasteiger partial charge in [-0.05, 0) is 61.8 Å². The molecule has 0 radical (unpaired) electrons. The Balaban J connectivity index is 2.11. The summed E-state index contributed by atoms with van der Waals surface area (Å²) < 4.78 is 39.9. The molecule has 0 spiro atoms. The number of hydrogen-bond donors (Lipinski definition) is 0. The summed E-state index contributed by atoms with van der Waals surface area (Å²) in [6, 6.07) is 5.46. The number of ether oxygens (including phenoxy) is 2. The second-order valence-corrected chi connectivity index (χ2v) is 7.66. The zero-order valence-corrected chi connectivity index (χ0v) is 17.9. The van der Waals surface area contributed by atoms with Gasteiger partial charge < -0.3 is 9.47 Å². The van der Waals surface area contributed by atoms with E-state index in [4.69, 9.17) is 9.47 Å². The highest BCUT2D eigenvalue weighted by Gasteiger charge is 2.44. The molecule has 0 saturated carbocycles. The number of aromatic nitrogens is 2. The van der Waals surface area contributed by atoms with Gasteiger partial charge in [0.05, 0.1) is 24.1 Å². The standard InChI is InChI=1S/C23H28F2N2O3/c1-5-14-11-12-23(7-3,30-19(6-2)22(28)29-4)21-15(14)13-18(26-27-21)20-16(24)9-8-10-17(20)25/h8-10,13-14,19H,5-7,11-12H2,1-4H3/t14-,19+,23-/m0/s1. The van der Waals surface area contributed by atoms with Crippen LogP contribution < -0.4 is 0 Å². The first-order valence-electron chi connectivity index (χ1n) is 10.5. The van der Waals surface area contributed by atoms with Crippen LogP contribution in [0.4, 0.5) is 8.78 Å². The quantitative estimate of drug-likeness (QED) is 0.572. The third-order valence-corrected chi connectivity index (χ3v) is 6.08. The van der Waals surface area contributed by atoms with E-state index in [1.165, 1.54) is 25.3 Å². The lowest BCUT2D eigenvalue weighted by atomic mass is 9.74. The van der Waals surface area contributed by atoms with E-state index in [0.717, 1.165) is 18.4 Å². The third-order valence-electron chi connectivity index (χ3n) is 6.08. The van der Waals surface area contributed by atoms with Gasteiger partial charge >= 0.3 is 5.97 Å². The first kappa shape index (κ1) is 22.3. The fourth-order valence-corrected chi connectivity index (χ4v) is 4.29. The van der Waals surface area contributed by atoms with Crippen LogP contribution in [0.2, 0.25) is 0 Å². The molecule has 162 valence electrons. The molecule has 5 nitrogen and oxygen atoms in total. The van der Waals surface area contributed by atoms with Crippen molar-refractivity contribution in [3.05, 3.63) is 47.2 Å². The molecule has 0 N–H and O–H groups in total. The van der Waals surface area contributed by atoms with Crippen LogP contribution in [0, 0.1) is 11.6 Å². The molecular formula is C23H28F2N2O3. The molecule has 2 aromatic rings. The van der Waals surface area contributed by atoms with Crippen LogP contribution >= 0.6 is 0 Å². The van der Waals surface area contributed by atoms with E-state index in [0.29, 0.717) is 25.0 Å². The minimum Gasteiger partial charge on any atom is -0.467 e. The van der Waals surface area contributed by atoms with Gasteiger partial charge in [-0.2, -0.15) is 5.10 Å². The number of nitrogens with zero attached hydrogens (tertiary/aromatic N) is 2. The van der Waals surface area contributed by atoms with Crippen molar-refractivity contribution in [1.29, 1.82) is 0 Å². The van der Waals surface area contributed by atoms with Crippen molar-refractivity contribution >= 4 is 5.97 Å². The average molecular weight is 418 g/mol. The van der Waals surface area contributed by atoms with Gasteiger partial charge in [0.15, 0.2) is 6.10 Å². The molecule has 0 aliphatic heterocycles. The Bertz CT molecular complexity index is 901. The van der Waals surface area contributed by atoms with Gasteiger partial charge in [-0.25, -0.2) is 13.6 Å². The summed E-state index contributed by atoms with van der Waals surface area (Å²) >= 11 is 0. The number of halogens is 2. The van der Waals surface area contributed by atoms with E-state index < -0.39 is 29.3 Å². The summed E-state index contributed by atoms with van der Waals surface area (Å²) in [5.41, 5.74) is 0.700. The van der Waals surface area contributed by atoms with E-state index in [1.807, 2.05) is 13.8 Å². The van der Waals surface area contributed by atoms with Gasteiger partial charge in [-0.15, -0.1) is 5.10 Å². The van der Waals surface area contributed by atoms with Crippen molar-refractivity contribution in [1.82, 2.24) is 10.2 Å². The van der Waals surface area contributed by atoms with E-state index in [-0.39, 0.29) is 17.2 Å². The molecule has 1 aliphatic carbocycles. The molecule has 0 amide bonds. The number of carbonyl (C=O) groups is 1. The minimum atomic E-state index is -0.796. The van der Waals surface area contributed by atoms with Crippen molar-refractivity contribution in [2.45, 2.75) is 70.5 Å². The summed E-state index contributed by atoms with van der Waals surface area (Å²) in [6.07, 6.45) is 2.70. The Morgan fingerprint density at radius 2 is 1.93 bits per heavy atom. The van der Waals surface area contributed by atoms with Crippen molar-refractivity contribution in [2.24, 2.45) is 0 Å². The molecule has 0 bridgehead atoms. The minimum absolute atomic E-state index is 0.162. The van der Waals surface area contributed by atoms with Gasteiger partial charge in [0.25, 0.3) is 0 Å². The number of rotatable bonds is 7. The number of methoxy groups -OCH3 is 1. The molecular weight excluding hydrogens is 390 g/mol. The molecule has 1 aromatic heterocycles. The molecule has 0 saturated heterocycles. The molecule has 30 heavy (non-hydrogen) atoms. The second-order valence-electron chi connectivity index (χ2n) is 7.66. The smallest absolute Gasteiger partial charge is 0.335 e. The zero-order valence-electron chi connectivity index (χ0n) is 17.9. The molecule has 0 fully saturated rings. The maximum atomic E-state index is 14.3. The number of benzene rings is 1. The Morgan fingerprint density at radius 1 is 1.23 bits per heavy atom. The lowest BCUT2D eigenvalue weighted by molar-refractivity contribution is -0.174. The Morgan fingerprint density at radius 3 is 2.50 bits per heavy atom. The Kier molecular flexibility index (Phi) is 6.81. The highest BCUT2D eigenvalue weighted by atomic mass is 19.1. The number of hydrogen-bond acceptors (Lipinski definition) is 5. The van der Waals surface area contributed by atoms with Crippen LogP contribution in [0.15, 0.2) is 24.3 Å². The molecule has 1 aliphatic rings. The van der Waals surface area contributed by atoms with Crippen molar-refractivity contribution in [3.8, 4) is 11.3 Å². The van der Waals surface area contributed by atoms with Gasteiger partial charge in [0, 0.05) is 0 Å². The maximum Gasteiger partial charge on any atom is 0.335 e. The topological polar surface area (TPSA) is 61.3 Å². The summed E-state index contributed by atoms with van der Waals surface area (Å²) in [4.78, 5) is 12.2. The first-order valence-corrected chi connectivity index (χ1v) is 10.5. The number of fused-ring (bicyclic) bond motifs is 1. The van der Waals surface area contributed by atoms with E-state index in [9.17, 15) is 13.6 Å². The third kappa shape index (κ3) is 3.95. The molecule has 3 atom stereocenters. The summed E-state index contributed by atoms with van der Waals surface area (Å²) in [7, 11) is 1.34. The zero-order chi connectivity index (χ0) is 21.9. The molecule has 1 heterocycles. The number of esters is 1. The molecule has 7 heteroatoms. The van der Waals surface area contributed by atoms with Gasteiger partial charge in [0.1, 0.15) is 17.2 Å². The van der Waals surface area contributed by atoms with E-state index in [1.54, 1.807) is 6.07 Å². The van der Waals surface area contributed by atoms with Crippen LogP contribution in [0.1, 0.15) is 70.1 Å². The average Bonchev–Trinajstić information content (AvgIpc) is 2.76. The van der Waals surface area contributed by atoms with Crippen LogP contribution in [-0.4, -0.2) is 29.4 Å². The fourth-order valence-electron chi connectivity index (χ4n) is 4.29. The largest absolute Gasteiger partial charge is 0.467 e. The lowest BCUT2D eigenvalue weighted by Gasteiger charge is -2.41. The van der Waals surface area contributed by atoms with Crippen molar-refractivity contribution in [2.75, 3.05) is 7.11 Å². The Labute approximate surface area is 175 Å². The SMILES string of the molecule is CC[C@H]1CC[C@](CC)(O[C@H](CC)C(=O)OC)c2nnc(-c3c(F)cccc3F)cc21. The van der Waals surface area contributed by atoms with Gasteiger partial charge in [0.2, 0.25) is 0 Å². The van der Waals surface area contributed by atoms with Crippen LogP contribution in [0.5, 0.6) is 0 Å². The fraction of sp³-hybridized carbons (Fsp3) is 0.522. The predicted octanol–water partition coefficient (Wildman–Crippen LogP) is 5.28. The van der Waals surface area contributed by atoms with E-state index in [2.05, 4.69) is 17.1 Å². The summed E-state index contributed by atoms with van der Waals surface area (Å²) in [5.74, 6) is -1.61. The predicted molar refractivity (Wildman–Crippen MR) is 109 cm³/mol. The maximum absolute atomic E-state index is 14.3. The van der Waals surface area contributed by atoms with Crippen molar-refractivity contribution < 1.29 is 23.0 Å². The highest BCUT2D eigenvalue weighted by molar-refractivity contribution is 5.74. The van der Waals surface area contributed by atoms with Crippen LogP contribution in [0.25, 0.3) is 11.3 Å². The van der Waals surface area contributed by atoms with Crippen LogP contribution in [-0.2, 0) is 19.9 Å². The lowest BCUT2D eigenvalue weighted by Crippen LogP contribution is -2.42. The summed E-state index contributed by atoms with van der Waals surface area (Å²) in [6.45, 7) is 5.91. The molecule has 0 unspecified atom stereocenters. The highest BCUT2D eigenvalue weighted by Crippen LogP contribution is 2.47. The van der Waals surface area contributed by atoms with E-state index >= 15 is 0 Å². The monoisotopic (exact) mass is 418 g/mol. The van der Waals surface area contributed by atoms with Gasteiger partial charge in [-0.1, -0.05) is 26.8 Å². The first-order chi connectivity index (χ1) is 14.4. The number of carbonyl (C=O) groups excluding carboxylic acids is 1. The molecule has 3 rings (SSSR count). The summed E-state index contributed by atoms with van der Waals surface area (Å²) in [5, 5.41) is 8.58.